The molecule has 144 heavy (non-hydrogen) atoms. The average molecular weight is 2030 g/mol. The summed E-state index contributed by atoms with van der Waals surface area (Å²) in [5.74, 6) is 21.6. The number of aliphatic carboxylic acids is 1. The van der Waals surface area contributed by atoms with Gasteiger partial charge in [0.05, 0.1) is 37.1 Å². The summed E-state index contributed by atoms with van der Waals surface area (Å²) in [6, 6.07) is 0. The predicted molar refractivity (Wildman–Crippen MR) is 586 cm³/mol. The standard InChI is InChI=1S/C26H46O5S.C26H44O3.2C26H46O2.C25H44O2/c1-5-18-20-10-6-7-14-25(20,3)22-13-15-26(4)19(11-12-21(26)23(22)24(18)27)17(2)9-8-16-31-32(28,29)30;1-5-17-19-8-6-7-14-25(19,3)21-13-15-26(4)18(16(2)9-12-22(27)28)10-11-20(26)23(21)24(17)29;2*1-5-18-20-10-6-7-14-25(20,3)22-13-15-26(4)19(17(2)9-8-16-27)11-12-21(26)23(22)24(18)28;1-5-17-19-8-6-7-13-24(19,3)21-11-14-25(4)18(16(2)12-15-26)9-10-20(25)22(21)23(17)27/h17-24,27H,5-16H2,1-4H3,(H,28,29,30);16-21,23-24,29H,5-15H2,1-4H3,(H,27,28);2*17-24,27-28H,5-16H2,1-4H3;16-23,26-27H,5-15H2,1-4H3/t17-,18-,19-,20+,21?,22?,23?,24-,25+,26-;16-,17-,18-,19+,20?,21?,23?,24-,25+,26-;17-,18+,19-,20+,21?,22?,23?,24+,25+,26-;17-,18-,19-,20+,21?,22?,23?,24+,25+,26-;16-,17-,18-,19+,20?,21?,22?,23-,24+,25-/m11111/s1. The molecule has 0 radical (unpaired) electrons. The van der Waals surface area contributed by atoms with Crippen LogP contribution in [0.2, 0.25) is 0 Å². The zero-order chi connectivity index (χ0) is 104. The van der Waals surface area contributed by atoms with Gasteiger partial charge in [-0.25, -0.2) is 4.18 Å². The van der Waals surface area contributed by atoms with Gasteiger partial charge in [0, 0.05) is 26.2 Å². The second kappa shape index (κ2) is 46.3. The smallest absolute Gasteiger partial charge is 0.397 e. The lowest BCUT2D eigenvalue weighted by molar-refractivity contribution is -0.194. The largest absolute Gasteiger partial charge is 0.481 e. The Hall–Kier alpha value is -0.980. The lowest BCUT2D eigenvalue weighted by atomic mass is 9.41. The molecule has 0 aliphatic heterocycles. The third-order valence-corrected chi connectivity index (χ3v) is 55.0. The van der Waals surface area contributed by atoms with Gasteiger partial charge in [-0.2, -0.15) is 8.42 Å². The quantitative estimate of drug-likeness (QED) is 0.0285. The molecule has 15 heteroatoms. The van der Waals surface area contributed by atoms with Gasteiger partial charge in [0.2, 0.25) is 0 Å². The van der Waals surface area contributed by atoms with Gasteiger partial charge < -0.3 is 46.0 Å². The fourth-order valence-electron chi connectivity index (χ4n) is 48.0. The first-order valence-corrected chi connectivity index (χ1v) is 64.8. The molecule has 20 aliphatic carbocycles. The van der Waals surface area contributed by atoms with Gasteiger partial charge in [-0.3, -0.25) is 9.35 Å². The van der Waals surface area contributed by atoms with Gasteiger partial charge in [-0.15, -0.1) is 0 Å². The van der Waals surface area contributed by atoms with Gasteiger partial charge in [-0.05, 0) is 505 Å². The number of aliphatic hydroxyl groups excluding tert-OH is 8. The Balaban J connectivity index is 0.000000129. The second-order valence-electron chi connectivity index (χ2n) is 59.2. The first-order valence-electron chi connectivity index (χ1n) is 63.5. The number of aliphatic hydroxyl groups is 8. The minimum atomic E-state index is -4.34. The van der Waals surface area contributed by atoms with Crippen LogP contribution in [0.25, 0.3) is 0 Å². The zero-order valence-corrected chi connectivity index (χ0v) is 96.9. The Morgan fingerprint density at radius 3 is 0.681 bits per heavy atom. The molecule has 0 saturated heterocycles. The van der Waals surface area contributed by atoms with Crippen molar-refractivity contribution >= 4 is 16.4 Å². The summed E-state index contributed by atoms with van der Waals surface area (Å²) in [6.45, 7) is 50.2. The molecule has 20 rings (SSSR count). The average Bonchev–Trinajstić information content (AvgIpc) is 1.51. The monoisotopic (exact) mass is 2030 g/mol. The molecule has 832 valence electrons. The van der Waals surface area contributed by atoms with Crippen LogP contribution in [0.4, 0.5) is 0 Å². The van der Waals surface area contributed by atoms with Gasteiger partial charge >= 0.3 is 16.4 Å². The summed E-state index contributed by atoms with van der Waals surface area (Å²) in [7, 11) is -4.34. The van der Waals surface area contributed by atoms with Crippen molar-refractivity contribution in [2.75, 3.05) is 26.4 Å². The molecule has 20 saturated carbocycles. The number of carboxylic acids is 1. The molecule has 15 unspecified atom stereocenters. The Bertz CT molecular complexity index is 4120. The normalized spacial score (nSPS) is 50.8. The fraction of sp³-hybridized carbons (Fsp3) is 0.992. The Morgan fingerprint density at radius 1 is 0.271 bits per heavy atom. The molecule has 0 aromatic rings. The molecule has 20 aliphatic rings. The molecule has 0 bridgehead atoms. The van der Waals surface area contributed by atoms with E-state index in [0.29, 0.717) is 218 Å². The van der Waals surface area contributed by atoms with Gasteiger partial charge in [0.1, 0.15) is 0 Å². The van der Waals surface area contributed by atoms with Crippen LogP contribution in [-0.2, 0) is 19.4 Å². The lowest BCUT2D eigenvalue weighted by Gasteiger charge is -2.64. The summed E-state index contributed by atoms with van der Waals surface area (Å²) >= 11 is 0. The minimum absolute atomic E-state index is 0.0529. The molecule has 0 aromatic carbocycles. The zero-order valence-electron chi connectivity index (χ0n) is 96.1. The van der Waals surface area contributed by atoms with E-state index in [4.69, 9.17) is 9.66 Å². The molecule has 0 spiro atoms. The first kappa shape index (κ1) is 116. The fourth-order valence-corrected chi connectivity index (χ4v) is 48.4. The van der Waals surface area contributed by atoms with E-state index in [9.17, 15) is 54.1 Å². The maximum absolute atomic E-state index is 11.8. The van der Waals surface area contributed by atoms with Crippen LogP contribution in [0.3, 0.4) is 0 Å². The van der Waals surface area contributed by atoms with E-state index < -0.39 is 16.4 Å². The predicted octanol–water partition coefficient (Wildman–Crippen LogP) is 29.8. The van der Waals surface area contributed by atoms with E-state index in [-0.39, 0.29) is 48.0 Å². The van der Waals surface area contributed by atoms with Crippen LogP contribution in [0.1, 0.15) is 485 Å². The molecular formula is C129H226O14S. The number of rotatable bonds is 26. The molecule has 50 atom stereocenters. The van der Waals surface area contributed by atoms with Gasteiger partial charge in [-0.1, -0.05) is 235 Å². The summed E-state index contributed by atoms with van der Waals surface area (Å²) in [5, 5.41) is 95.8. The number of hydrogen-bond donors (Lipinski definition) is 10. The van der Waals surface area contributed by atoms with Crippen molar-refractivity contribution in [2.45, 2.75) is 516 Å². The Kier molecular flexibility index (Phi) is 37.1. The van der Waals surface area contributed by atoms with E-state index >= 15 is 0 Å². The molecule has 0 heterocycles. The van der Waals surface area contributed by atoms with Crippen molar-refractivity contribution < 1.29 is 67.9 Å². The van der Waals surface area contributed by atoms with Crippen molar-refractivity contribution in [3.8, 4) is 0 Å². The van der Waals surface area contributed by atoms with E-state index in [0.717, 1.165) is 142 Å². The van der Waals surface area contributed by atoms with Crippen molar-refractivity contribution in [1.29, 1.82) is 0 Å². The SMILES string of the molecule is CC[C@@H]1[C@H](O)C2C3CC[C@H]([C@H](C)CCCO)[C@@]3(C)CCC2[C@@]2(C)CCCC[C@@H]12.CC[C@H]1[C@@H](O)C2C3CC[C@H]([C@H](C)CCC(=O)O)[C@@]3(C)CCC2[C@@]2(C)CCCC[C@@H]12.CC[C@H]1[C@@H](O)C2C3CC[C@H]([C@H](C)CCCOS(=O)(=O)O)[C@@]3(C)CCC2[C@@]2(C)CCCC[C@@H]12.CC[C@H]1[C@@H](O)C2C3CC[C@H]([C@H](C)CCO)[C@@]3(C)CCC2[C@@]2(C)CCCC[C@@H]12.CC[C@H]1[C@H](O)C2C3CC[C@H]([C@H](C)CCCO)[C@@]3(C)CCC2[C@@]2(C)CCCC[C@@H]12. The van der Waals surface area contributed by atoms with E-state index in [1.165, 1.54) is 257 Å². The van der Waals surface area contributed by atoms with Crippen LogP contribution in [-0.4, -0.2) is 122 Å². The minimum Gasteiger partial charge on any atom is -0.481 e. The lowest BCUT2D eigenvalue weighted by Crippen LogP contribution is -2.61. The van der Waals surface area contributed by atoms with Crippen molar-refractivity contribution in [3.05, 3.63) is 0 Å². The number of carboxylic acid groups (broad SMARTS) is 1. The summed E-state index contributed by atoms with van der Waals surface area (Å²) in [5.41, 5.74) is 4.01. The summed E-state index contributed by atoms with van der Waals surface area (Å²) in [6.07, 6.45) is 66.5. The molecule has 14 nitrogen and oxygen atoms in total. The summed E-state index contributed by atoms with van der Waals surface area (Å²) in [4.78, 5) is 11.1. The Labute approximate surface area is 882 Å². The van der Waals surface area contributed by atoms with Crippen molar-refractivity contribution in [2.24, 2.45) is 261 Å². The van der Waals surface area contributed by atoms with Crippen molar-refractivity contribution in [3.63, 3.8) is 0 Å². The van der Waals surface area contributed by atoms with Gasteiger partial charge in [0.25, 0.3) is 0 Å². The van der Waals surface area contributed by atoms with E-state index in [1.54, 1.807) is 0 Å². The maximum Gasteiger partial charge on any atom is 0.397 e. The van der Waals surface area contributed by atoms with Crippen LogP contribution in [0.15, 0.2) is 0 Å². The topological polar surface area (TPSA) is 263 Å². The highest BCUT2D eigenvalue weighted by atomic mass is 32.3. The highest BCUT2D eigenvalue weighted by molar-refractivity contribution is 7.80. The summed E-state index contributed by atoms with van der Waals surface area (Å²) < 4.78 is 35.0. The van der Waals surface area contributed by atoms with Crippen LogP contribution >= 0.6 is 0 Å². The maximum atomic E-state index is 11.8. The molecular weight excluding hydrogens is 1810 g/mol. The second-order valence-corrected chi connectivity index (χ2v) is 60.2. The third-order valence-electron chi connectivity index (χ3n) is 54.5. The van der Waals surface area contributed by atoms with E-state index in [1.807, 2.05) is 0 Å². The highest BCUT2D eigenvalue weighted by Crippen LogP contribution is 2.78. The molecule has 0 aromatic heterocycles. The highest BCUT2D eigenvalue weighted by Gasteiger charge is 2.72. The number of hydrogen-bond acceptors (Lipinski definition) is 12. The first-order chi connectivity index (χ1) is 68.4. The van der Waals surface area contributed by atoms with Crippen molar-refractivity contribution in [1.82, 2.24) is 0 Å². The number of carbonyl (C=O) groups is 1. The third kappa shape index (κ3) is 20.4. The Morgan fingerprint density at radius 2 is 0.479 bits per heavy atom. The van der Waals surface area contributed by atoms with Crippen LogP contribution < -0.4 is 0 Å². The van der Waals surface area contributed by atoms with Gasteiger partial charge in [0.15, 0.2) is 0 Å². The van der Waals surface area contributed by atoms with Crippen LogP contribution in [0.5, 0.6) is 0 Å². The van der Waals surface area contributed by atoms with E-state index in [2.05, 4.69) is 143 Å². The number of fused-ring (bicyclic) bond motifs is 25. The molecule has 0 amide bonds. The van der Waals surface area contributed by atoms with Crippen LogP contribution in [0, 0.1) is 261 Å². The molecule has 10 N–H and O–H groups in total. The molecule has 20 fully saturated rings.